The van der Waals surface area contributed by atoms with Gasteiger partial charge in [0.25, 0.3) is 5.56 Å². The summed E-state index contributed by atoms with van der Waals surface area (Å²) in [5.41, 5.74) is 5.00. The summed E-state index contributed by atoms with van der Waals surface area (Å²) in [6, 6.07) is 13.7. The van der Waals surface area contributed by atoms with Gasteiger partial charge in [-0.25, -0.2) is 9.37 Å². The second kappa shape index (κ2) is 8.50. The van der Waals surface area contributed by atoms with E-state index >= 15 is 0 Å². The van der Waals surface area contributed by atoms with Gasteiger partial charge >= 0.3 is 0 Å². The first-order valence-electron chi connectivity index (χ1n) is 10.8. The van der Waals surface area contributed by atoms with Gasteiger partial charge in [-0.05, 0) is 78.9 Å². The molecule has 0 saturated carbocycles. The number of allylic oxidation sites excluding steroid dienone is 1. The van der Waals surface area contributed by atoms with Crippen molar-refractivity contribution in [3.05, 3.63) is 94.3 Å². The van der Waals surface area contributed by atoms with Crippen molar-refractivity contribution in [2.24, 2.45) is 0 Å². The number of hydrogen-bond donors (Lipinski definition) is 0. The number of fused-ring (bicyclic) bond motifs is 1. The number of nitrogens with zero attached hydrogens (tertiary/aromatic N) is 4. The van der Waals surface area contributed by atoms with Gasteiger partial charge in [-0.2, -0.15) is 4.98 Å². The lowest BCUT2D eigenvalue weighted by atomic mass is 10.00. The fourth-order valence-electron chi connectivity index (χ4n) is 4.26. The van der Waals surface area contributed by atoms with E-state index < -0.39 is 0 Å². The van der Waals surface area contributed by atoms with Gasteiger partial charge in [-0.1, -0.05) is 6.07 Å². The van der Waals surface area contributed by atoms with Crippen LogP contribution in [0.3, 0.4) is 0 Å². The third kappa shape index (κ3) is 4.09. The van der Waals surface area contributed by atoms with Crippen LogP contribution in [0, 0.1) is 12.7 Å². The Bertz CT molecular complexity index is 1420. The van der Waals surface area contributed by atoms with Crippen LogP contribution in [0.2, 0.25) is 0 Å². The molecule has 0 amide bonds. The van der Waals surface area contributed by atoms with Crippen LogP contribution < -0.4 is 10.3 Å². The van der Waals surface area contributed by atoms with Crippen LogP contribution in [0.15, 0.2) is 65.8 Å². The summed E-state index contributed by atoms with van der Waals surface area (Å²) in [5.74, 6) is 1.07. The average Bonchev–Trinajstić information content (AvgIpc) is 3.25. The molecule has 0 radical (unpaired) electrons. The molecule has 5 rings (SSSR count). The highest BCUT2D eigenvalue weighted by Crippen LogP contribution is 2.32. The molecule has 0 unspecified atom stereocenters. The summed E-state index contributed by atoms with van der Waals surface area (Å²) >= 11 is 0. The van der Waals surface area contributed by atoms with E-state index in [4.69, 9.17) is 4.74 Å². The first kappa shape index (κ1) is 20.9. The van der Waals surface area contributed by atoms with E-state index in [2.05, 4.69) is 16.0 Å². The minimum atomic E-state index is -0.309. The molecule has 166 valence electrons. The third-order valence-corrected chi connectivity index (χ3v) is 5.81. The lowest BCUT2D eigenvalue weighted by Gasteiger charge is -2.24. The summed E-state index contributed by atoms with van der Waals surface area (Å²) in [5, 5.41) is 0. The van der Waals surface area contributed by atoms with Crippen molar-refractivity contribution in [1.82, 2.24) is 19.1 Å². The van der Waals surface area contributed by atoms with Crippen molar-refractivity contribution in [1.29, 1.82) is 0 Å². The van der Waals surface area contributed by atoms with Gasteiger partial charge in [0.15, 0.2) is 0 Å². The smallest absolute Gasteiger partial charge is 0.273 e. The molecule has 33 heavy (non-hydrogen) atoms. The van der Waals surface area contributed by atoms with Crippen molar-refractivity contribution in [3.8, 4) is 22.7 Å². The number of aryl methyl sites for hydroxylation is 1. The zero-order valence-corrected chi connectivity index (χ0v) is 18.5. The van der Waals surface area contributed by atoms with Crippen molar-refractivity contribution >= 4 is 11.6 Å². The van der Waals surface area contributed by atoms with E-state index in [0.29, 0.717) is 5.82 Å². The molecule has 1 aliphatic heterocycles. The molecule has 0 fully saturated rings. The lowest BCUT2D eigenvalue weighted by Crippen LogP contribution is -2.22. The highest BCUT2D eigenvalue weighted by Gasteiger charge is 2.19. The van der Waals surface area contributed by atoms with Crippen LogP contribution in [-0.2, 0) is 6.54 Å². The second-order valence-corrected chi connectivity index (χ2v) is 8.09. The summed E-state index contributed by atoms with van der Waals surface area (Å²) in [7, 11) is 1.64. The van der Waals surface area contributed by atoms with Crippen molar-refractivity contribution in [2.45, 2.75) is 26.3 Å². The van der Waals surface area contributed by atoms with E-state index in [1.165, 1.54) is 18.2 Å². The summed E-state index contributed by atoms with van der Waals surface area (Å²) < 4.78 is 23.0. The maximum absolute atomic E-state index is 13.4. The number of ether oxygens (including phenoxy) is 1. The molecule has 3 heterocycles. The molecule has 4 aromatic rings. The molecule has 1 aliphatic rings. The first-order chi connectivity index (χ1) is 16.0. The molecule has 0 N–H and O–H groups in total. The van der Waals surface area contributed by atoms with Crippen molar-refractivity contribution in [2.75, 3.05) is 7.11 Å². The Morgan fingerprint density at radius 1 is 1.12 bits per heavy atom. The van der Waals surface area contributed by atoms with Crippen LogP contribution in [0.1, 0.15) is 29.9 Å². The average molecular weight is 442 g/mol. The molecule has 0 saturated heterocycles. The number of imidazole rings is 1. The predicted molar refractivity (Wildman–Crippen MR) is 126 cm³/mol. The van der Waals surface area contributed by atoms with Gasteiger partial charge in [0.05, 0.1) is 30.5 Å². The lowest BCUT2D eigenvalue weighted by molar-refractivity contribution is 0.413. The van der Waals surface area contributed by atoms with Crippen LogP contribution in [-0.4, -0.2) is 26.2 Å². The zero-order valence-electron chi connectivity index (χ0n) is 18.5. The molecular formula is C26H23FN4O2. The van der Waals surface area contributed by atoms with Gasteiger partial charge in [-0.15, -0.1) is 0 Å². The number of halogens is 1. The van der Waals surface area contributed by atoms with Crippen LogP contribution in [0.25, 0.3) is 28.6 Å². The van der Waals surface area contributed by atoms with Crippen LogP contribution in [0.5, 0.6) is 5.75 Å². The molecular weight excluding hydrogens is 419 g/mol. The monoisotopic (exact) mass is 442 g/mol. The number of hydrogen-bond acceptors (Lipinski definition) is 4. The summed E-state index contributed by atoms with van der Waals surface area (Å²) in [6.07, 6.45) is 7.49. The number of aromatic nitrogens is 4. The van der Waals surface area contributed by atoms with E-state index in [-0.39, 0.29) is 11.4 Å². The van der Waals surface area contributed by atoms with Crippen molar-refractivity contribution < 1.29 is 9.13 Å². The largest absolute Gasteiger partial charge is 0.495 e. The third-order valence-electron chi connectivity index (χ3n) is 5.81. The van der Waals surface area contributed by atoms with Crippen LogP contribution in [0.4, 0.5) is 4.39 Å². The van der Waals surface area contributed by atoms with Gasteiger partial charge in [0, 0.05) is 18.8 Å². The van der Waals surface area contributed by atoms with E-state index in [1.54, 1.807) is 25.6 Å². The van der Waals surface area contributed by atoms with Gasteiger partial charge in [-0.3, -0.25) is 4.79 Å². The molecule has 2 aromatic carbocycles. The Morgan fingerprint density at radius 3 is 2.67 bits per heavy atom. The van der Waals surface area contributed by atoms with Gasteiger partial charge in [0.2, 0.25) is 0 Å². The Labute approximate surface area is 190 Å². The molecule has 0 atom stereocenters. The predicted octanol–water partition coefficient (Wildman–Crippen LogP) is 4.89. The SMILES string of the molecule is COc1cc(C=C2CCCn3c(-c4ccc(F)cc4)cc(=O)nc32)ccc1-n1cnc(C)c1. The minimum Gasteiger partial charge on any atom is -0.495 e. The number of rotatable bonds is 4. The fourth-order valence-corrected chi connectivity index (χ4v) is 4.26. The fraction of sp³-hybridized carbons (Fsp3) is 0.192. The first-order valence-corrected chi connectivity index (χ1v) is 10.8. The topological polar surface area (TPSA) is 61.9 Å². The van der Waals surface area contributed by atoms with Crippen molar-refractivity contribution in [3.63, 3.8) is 0 Å². The maximum Gasteiger partial charge on any atom is 0.273 e. The number of benzene rings is 2. The highest BCUT2D eigenvalue weighted by molar-refractivity contribution is 5.81. The Balaban J connectivity index is 1.58. The molecule has 0 bridgehead atoms. The van der Waals surface area contributed by atoms with E-state index in [1.807, 2.05) is 40.5 Å². The molecule has 6 nitrogen and oxygen atoms in total. The summed E-state index contributed by atoms with van der Waals surface area (Å²) in [6.45, 7) is 2.69. The minimum absolute atomic E-state index is 0.308. The Morgan fingerprint density at radius 2 is 1.94 bits per heavy atom. The van der Waals surface area contributed by atoms with Crippen LogP contribution >= 0.6 is 0 Å². The molecule has 2 aromatic heterocycles. The standard InChI is InChI=1S/C26H23FN4O2/c1-17-15-30(16-28-17)22-10-5-18(13-24(22)33-2)12-20-4-3-11-31-23(14-25(32)29-26(20)31)19-6-8-21(27)9-7-19/h5-10,12-16H,3-4,11H2,1-2H3. The van der Waals surface area contributed by atoms with Gasteiger partial charge in [0.1, 0.15) is 17.4 Å². The summed E-state index contributed by atoms with van der Waals surface area (Å²) in [4.78, 5) is 21.1. The molecule has 0 aliphatic carbocycles. The van der Waals surface area contributed by atoms with E-state index in [0.717, 1.165) is 58.9 Å². The Hall–Kier alpha value is -4.00. The maximum atomic E-state index is 13.4. The highest BCUT2D eigenvalue weighted by atomic mass is 19.1. The van der Waals surface area contributed by atoms with E-state index in [9.17, 15) is 9.18 Å². The quantitative estimate of drug-likeness (QED) is 0.452. The Kier molecular flexibility index (Phi) is 5.38. The number of methoxy groups -OCH3 is 1. The second-order valence-electron chi connectivity index (χ2n) is 8.09. The molecule has 0 spiro atoms. The van der Waals surface area contributed by atoms with Gasteiger partial charge < -0.3 is 13.9 Å². The molecule has 7 heteroatoms. The normalized spacial score (nSPS) is 14.3. The zero-order chi connectivity index (χ0) is 22.9.